The predicted octanol–water partition coefficient (Wildman–Crippen LogP) is 4.81. The summed E-state index contributed by atoms with van der Waals surface area (Å²) in [5.41, 5.74) is 5.73. The Labute approximate surface area is 220 Å². The van der Waals surface area contributed by atoms with Crippen LogP contribution in [0.1, 0.15) is 16.8 Å². The number of aromatic amines is 2. The number of likely N-dealkylation sites (N-methyl/N-ethyl adjacent to an activating group) is 1. The number of rotatable bonds is 8. The molecule has 3 heterocycles. The SMILES string of the molecule is COc1cc(OC)c(Cl)c(CCc2cc(-c3nc4ccc(CN5CCN(C)CC5)cc4[nH]3)n[nH]2)c1Cl. The Balaban J connectivity index is 1.29. The number of nitrogens with one attached hydrogen (secondary N) is 2. The predicted molar refractivity (Wildman–Crippen MR) is 143 cm³/mol. The van der Waals surface area contributed by atoms with E-state index in [9.17, 15) is 0 Å². The summed E-state index contributed by atoms with van der Waals surface area (Å²) < 4.78 is 10.7. The van der Waals surface area contributed by atoms with Crippen molar-refractivity contribution in [2.45, 2.75) is 19.4 Å². The Hall–Kier alpha value is -2.78. The summed E-state index contributed by atoms with van der Waals surface area (Å²) in [5.74, 6) is 1.81. The largest absolute Gasteiger partial charge is 0.495 e. The number of methoxy groups -OCH3 is 2. The molecule has 0 amide bonds. The van der Waals surface area contributed by atoms with Crippen molar-refractivity contribution in [3.05, 3.63) is 57.2 Å². The van der Waals surface area contributed by atoms with Crippen LogP contribution in [0.15, 0.2) is 30.3 Å². The zero-order valence-electron chi connectivity index (χ0n) is 20.7. The summed E-state index contributed by atoms with van der Waals surface area (Å²) in [7, 11) is 5.32. The van der Waals surface area contributed by atoms with Crippen LogP contribution in [0.5, 0.6) is 11.5 Å². The van der Waals surface area contributed by atoms with E-state index >= 15 is 0 Å². The van der Waals surface area contributed by atoms with Crippen molar-refractivity contribution in [2.24, 2.45) is 0 Å². The first-order valence-electron chi connectivity index (χ1n) is 12.0. The van der Waals surface area contributed by atoms with Crippen molar-refractivity contribution in [3.8, 4) is 23.0 Å². The minimum Gasteiger partial charge on any atom is -0.495 e. The maximum absolute atomic E-state index is 6.53. The smallest absolute Gasteiger partial charge is 0.159 e. The summed E-state index contributed by atoms with van der Waals surface area (Å²) in [6.07, 6.45) is 1.26. The molecule has 0 radical (unpaired) electrons. The van der Waals surface area contributed by atoms with Crippen LogP contribution >= 0.6 is 23.2 Å². The van der Waals surface area contributed by atoms with Gasteiger partial charge in [0.1, 0.15) is 17.2 Å². The van der Waals surface area contributed by atoms with Crippen LogP contribution in [0.4, 0.5) is 0 Å². The molecule has 2 aromatic carbocycles. The van der Waals surface area contributed by atoms with Crippen LogP contribution in [0, 0.1) is 0 Å². The van der Waals surface area contributed by atoms with Crippen molar-refractivity contribution in [2.75, 3.05) is 47.4 Å². The first-order chi connectivity index (χ1) is 17.4. The van der Waals surface area contributed by atoms with Crippen LogP contribution in [-0.4, -0.2) is 77.4 Å². The van der Waals surface area contributed by atoms with E-state index in [0.717, 1.165) is 66.5 Å². The normalized spacial score (nSPS) is 15.0. The van der Waals surface area contributed by atoms with Gasteiger partial charge in [0.2, 0.25) is 0 Å². The number of aryl methyl sites for hydroxylation is 1. The topological polar surface area (TPSA) is 82.3 Å². The lowest BCUT2D eigenvalue weighted by Crippen LogP contribution is -2.43. The number of aromatic nitrogens is 4. The number of imidazole rings is 1. The van der Waals surface area contributed by atoms with Gasteiger partial charge in [-0.25, -0.2) is 4.98 Å². The van der Waals surface area contributed by atoms with Gasteiger partial charge in [-0.2, -0.15) is 5.10 Å². The molecule has 1 saturated heterocycles. The van der Waals surface area contributed by atoms with E-state index < -0.39 is 0 Å². The van der Waals surface area contributed by atoms with Gasteiger partial charge in [-0.15, -0.1) is 0 Å². The minimum atomic E-state index is 0.493. The fourth-order valence-electron chi connectivity index (χ4n) is 4.57. The molecule has 2 aromatic heterocycles. The van der Waals surface area contributed by atoms with Crippen LogP contribution in [0.3, 0.4) is 0 Å². The van der Waals surface area contributed by atoms with Crippen LogP contribution in [-0.2, 0) is 19.4 Å². The molecule has 4 aromatic rings. The van der Waals surface area contributed by atoms with Gasteiger partial charge in [-0.1, -0.05) is 29.3 Å². The van der Waals surface area contributed by atoms with E-state index in [1.165, 1.54) is 5.56 Å². The molecule has 2 N–H and O–H groups in total. The summed E-state index contributed by atoms with van der Waals surface area (Å²) in [6.45, 7) is 5.36. The molecule has 10 heteroatoms. The lowest BCUT2D eigenvalue weighted by molar-refractivity contribution is 0.148. The molecule has 0 spiro atoms. The van der Waals surface area contributed by atoms with Gasteiger partial charge < -0.3 is 19.4 Å². The van der Waals surface area contributed by atoms with Crippen molar-refractivity contribution < 1.29 is 9.47 Å². The van der Waals surface area contributed by atoms with Crippen molar-refractivity contribution >= 4 is 34.2 Å². The maximum Gasteiger partial charge on any atom is 0.159 e. The quantitative estimate of drug-likeness (QED) is 0.341. The maximum atomic E-state index is 6.53. The van der Waals surface area contributed by atoms with Gasteiger partial charge in [-0.05, 0) is 49.2 Å². The average Bonchev–Trinajstić information content (AvgIpc) is 3.52. The second-order valence-corrected chi connectivity index (χ2v) is 9.94. The third-order valence-corrected chi connectivity index (χ3v) is 7.56. The highest BCUT2D eigenvalue weighted by Crippen LogP contribution is 2.40. The Morgan fingerprint density at radius 1 is 0.944 bits per heavy atom. The van der Waals surface area contributed by atoms with Crippen molar-refractivity contribution in [3.63, 3.8) is 0 Å². The highest BCUT2D eigenvalue weighted by atomic mass is 35.5. The number of fused-ring (bicyclic) bond motifs is 1. The van der Waals surface area contributed by atoms with E-state index in [2.05, 4.69) is 50.2 Å². The molecule has 1 aliphatic heterocycles. The molecule has 1 fully saturated rings. The van der Waals surface area contributed by atoms with Gasteiger partial charge in [0.15, 0.2) is 5.82 Å². The Kier molecular flexibility index (Phi) is 7.39. The molecular formula is C26H30Cl2N6O2. The summed E-state index contributed by atoms with van der Waals surface area (Å²) in [5, 5.41) is 8.58. The summed E-state index contributed by atoms with van der Waals surface area (Å²) >= 11 is 13.1. The average molecular weight is 529 g/mol. The number of nitrogens with zero attached hydrogens (tertiary/aromatic N) is 4. The highest BCUT2D eigenvalue weighted by molar-refractivity contribution is 6.37. The lowest BCUT2D eigenvalue weighted by Gasteiger charge is -2.32. The second-order valence-electron chi connectivity index (χ2n) is 9.18. The molecule has 1 aliphatic rings. The van der Waals surface area contributed by atoms with E-state index in [-0.39, 0.29) is 0 Å². The fraction of sp³-hybridized carbons (Fsp3) is 0.385. The van der Waals surface area contributed by atoms with E-state index in [0.29, 0.717) is 34.4 Å². The van der Waals surface area contributed by atoms with E-state index in [1.807, 2.05) is 6.07 Å². The molecule has 0 atom stereocenters. The first-order valence-corrected chi connectivity index (χ1v) is 12.7. The number of hydrogen-bond donors (Lipinski definition) is 2. The monoisotopic (exact) mass is 528 g/mol. The zero-order valence-corrected chi connectivity index (χ0v) is 22.2. The minimum absolute atomic E-state index is 0.493. The first kappa shape index (κ1) is 24.9. The summed E-state index contributed by atoms with van der Waals surface area (Å²) in [6, 6.07) is 10.1. The van der Waals surface area contributed by atoms with Gasteiger partial charge in [0.05, 0.1) is 35.3 Å². The van der Waals surface area contributed by atoms with Gasteiger partial charge in [0.25, 0.3) is 0 Å². The van der Waals surface area contributed by atoms with Gasteiger partial charge in [0, 0.05) is 44.5 Å². The van der Waals surface area contributed by atoms with Gasteiger partial charge >= 0.3 is 0 Å². The third-order valence-electron chi connectivity index (χ3n) is 6.73. The molecule has 36 heavy (non-hydrogen) atoms. The lowest BCUT2D eigenvalue weighted by atomic mass is 10.1. The molecule has 0 bridgehead atoms. The second kappa shape index (κ2) is 10.7. The standard InChI is InChI=1S/C26H30Cl2N6O2/c1-33-8-10-34(11-9-33)15-16-4-7-19-20(12-16)30-26(29-19)21-13-17(31-32-21)5-6-18-24(27)22(35-2)14-23(36-3)25(18)28/h4,7,12-14H,5-6,8-11,15H2,1-3H3,(H,29,30)(H,31,32). The molecular weight excluding hydrogens is 499 g/mol. The highest BCUT2D eigenvalue weighted by Gasteiger charge is 2.18. The molecule has 5 rings (SSSR count). The van der Waals surface area contributed by atoms with E-state index in [4.69, 9.17) is 37.7 Å². The Morgan fingerprint density at radius 3 is 2.36 bits per heavy atom. The number of halogens is 2. The molecule has 0 aliphatic carbocycles. The van der Waals surface area contributed by atoms with E-state index in [1.54, 1.807) is 20.3 Å². The fourth-order valence-corrected chi connectivity index (χ4v) is 5.26. The Bertz CT molecular complexity index is 1330. The van der Waals surface area contributed by atoms with Crippen LogP contribution in [0.2, 0.25) is 10.0 Å². The van der Waals surface area contributed by atoms with Gasteiger partial charge in [-0.3, -0.25) is 10.00 Å². The number of piperazine rings is 1. The van der Waals surface area contributed by atoms with Crippen LogP contribution < -0.4 is 9.47 Å². The number of hydrogen-bond acceptors (Lipinski definition) is 6. The Morgan fingerprint density at radius 2 is 1.67 bits per heavy atom. The number of benzene rings is 2. The molecule has 0 unspecified atom stereocenters. The number of H-pyrrole nitrogens is 2. The van der Waals surface area contributed by atoms with Crippen molar-refractivity contribution in [1.82, 2.24) is 30.0 Å². The van der Waals surface area contributed by atoms with Crippen molar-refractivity contribution in [1.29, 1.82) is 0 Å². The zero-order chi connectivity index (χ0) is 25.2. The third kappa shape index (κ3) is 5.18. The summed E-state index contributed by atoms with van der Waals surface area (Å²) in [4.78, 5) is 13.1. The molecule has 190 valence electrons. The molecule has 8 nitrogen and oxygen atoms in total. The van der Waals surface area contributed by atoms with Crippen LogP contribution in [0.25, 0.3) is 22.6 Å². The molecule has 0 saturated carbocycles. The number of ether oxygens (including phenoxy) is 2.